The number of rotatable bonds is 7. The molecule has 3 heteroatoms. The number of benzene rings is 2. The second-order valence-electron chi connectivity index (χ2n) is 5.88. The molecule has 0 aromatic heterocycles. The van der Waals surface area contributed by atoms with Crippen LogP contribution >= 0.6 is 7.72 Å². The maximum atomic E-state index is 6.29. The third-order valence-corrected chi connectivity index (χ3v) is 7.20. The van der Waals surface area contributed by atoms with Crippen molar-refractivity contribution in [3.05, 3.63) is 64.7 Å². The van der Waals surface area contributed by atoms with Gasteiger partial charge in [-0.1, -0.05) is 35.9 Å². The predicted molar refractivity (Wildman–Crippen MR) is 101 cm³/mol. The van der Waals surface area contributed by atoms with Crippen LogP contribution in [-0.2, 0) is 15.2 Å². The summed E-state index contributed by atoms with van der Waals surface area (Å²) in [7, 11) is -2.14. The van der Waals surface area contributed by atoms with Gasteiger partial charge >= 0.3 is 7.72 Å². The van der Waals surface area contributed by atoms with Gasteiger partial charge in [-0.2, -0.15) is 0 Å². The molecule has 23 heavy (non-hydrogen) atoms. The van der Waals surface area contributed by atoms with E-state index < -0.39 is 7.72 Å². The molecule has 0 unspecified atom stereocenters. The lowest BCUT2D eigenvalue weighted by molar-refractivity contribution is 0.256. The van der Waals surface area contributed by atoms with Crippen molar-refractivity contribution < 1.29 is 9.05 Å². The van der Waals surface area contributed by atoms with Crippen LogP contribution in [0.2, 0.25) is 0 Å². The highest BCUT2D eigenvalue weighted by Crippen LogP contribution is 2.62. The van der Waals surface area contributed by atoms with Crippen molar-refractivity contribution in [3.63, 3.8) is 0 Å². The molecule has 2 aromatic carbocycles. The summed E-state index contributed by atoms with van der Waals surface area (Å²) in [5, 5.41) is 1.18. The largest absolute Gasteiger partial charge is 0.311 e. The van der Waals surface area contributed by atoms with Crippen LogP contribution < -0.4 is 5.30 Å². The molecule has 0 amide bonds. The Morgan fingerprint density at radius 2 is 1.35 bits per heavy atom. The molecule has 124 valence electrons. The van der Waals surface area contributed by atoms with Crippen LogP contribution in [0.3, 0.4) is 0 Å². The molecule has 2 rings (SSSR count). The second kappa shape index (κ2) is 8.06. The fraction of sp³-hybridized carbons (Fsp3) is 0.400. The zero-order chi connectivity index (χ0) is 16.9. The van der Waals surface area contributed by atoms with Crippen molar-refractivity contribution in [3.8, 4) is 0 Å². The first kappa shape index (κ1) is 18.1. The summed E-state index contributed by atoms with van der Waals surface area (Å²) in [6, 6.07) is 14.9. The average Bonchev–Trinajstić information content (AvgIpc) is 2.52. The van der Waals surface area contributed by atoms with Gasteiger partial charge in [-0.15, -0.1) is 0 Å². The Bertz CT molecular complexity index is 608. The van der Waals surface area contributed by atoms with Gasteiger partial charge in [-0.25, -0.2) is 9.05 Å². The Morgan fingerprint density at radius 3 is 1.83 bits per heavy atom. The summed E-state index contributed by atoms with van der Waals surface area (Å²) < 4.78 is 12.6. The third kappa shape index (κ3) is 4.20. The molecule has 0 atom stereocenters. The van der Waals surface area contributed by atoms with Crippen LogP contribution in [0.25, 0.3) is 0 Å². The first-order chi connectivity index (χ1) is 11.0. The lowest BCUT2D eigenvalue weighted by Gasteiger charge is -2.25. The highest BCUT2D eigenvalue weighted by molar-refractivity contribution is 7.73. The Morgan fingerprint density at radius 1 is 0.826 bits per heavy atom. The maximum Gasteiger partial charge on any atom is 0.311 e. The smallest absolute Gasteiger partial charge is 0.201 e. The molecule has 0 aliphatic carbocycles. The quantitative estimate of drug-likeness (QED) is 0.636. The van der Waals surface area contributed by atoms with Gasteiger partial charge in [0, 0.05) is 5.56 Å². The Kier molecular flexibility index (Phi) is 6.35. The van der Waals surface area contributed by atoms with Crippen LogP contribution in [0, 0.1) is 20.8 Å². The molecule has 0 aliphatic heterocycles. The van der Waals surface area contributed by atoms with E-state index in [-0.39, 0.29) is 0 Å². The molecule has 0 saturated heterocycles. The van der Waals surface area contributed by atoms with Crippen molar-refractivity contribution in [2.45, 2.75) is 40.8 Å². The molecule has 0 fully saturated rings. The lowest BCUT2D eigenvalue weighted by Crippen LogP contribution is -2.19. The van der Waals surface area contributed by atoms with Gasteiger partial charge in [-0.3, -0.25) is 0 Å². The highest BCUT2D eigenvalue weighted by atomic mass is 31.2. The summed E-state index contributed by atoms with van der Waals surface area (Å²) in [5.41, 5.74) is 5.30. The van der Waals surface area contributed by atoms with Crippen LogP contribution in [-0.4, -0.2) is 13.2 Å². The van der Waals surface area contributed by atoms with E-state index >= 15 is 0 Å². The van der Waals surface area contributed by atoms with Gasteiger partial charge in [0.2, 0.25) is 0 Å². The molecule has 0 aliphatic rings. The van der Waals surface area contributed by atoms with Crippen molar-refractivity contribution in [1.29, 1.82) is 0 Å². The van der Waals surface area contributed by atoms with Gasteiger partial charge in [-0.05, 0) is 57.9 Å². The highest BCUT2D eigenvalue weighted by Gasteiger charge is 2.45. The molecule has 0 bridgehead atoms. The number of hydrogen-bond donors (Lipinski definition) is 0. The van der Waals surface area contributed by atoms with Gasteiger partial charge in [0.15, 0.2) is 5.30 Å². The van der Waals surface area contributed by atoms with Crippen molar-refractivity contribution in [2.75, 3.05) is 13.2 Å². The lowest BCUT2D eigenvalue weighted by atomic mass is 10.0. The van der Waals surface area contributed by atoms with Gasteiger partial charge in [0.1, 0.15) is 6.16 Å². The standard InChI is InChI=1S/C20H28O2P/c1-6-21-23(22-7-2,19-11-9-8-10-12-19)15-20-17(4)13-16(3)14-18(20)5/h8-14H,6-7,15H2,1-5H3/q+1. The number of aryl methyl sites for hydroxylation is 3. The molecule has 2 aromatic rings. The topological polar surface area (TPSA) is 18.5 Å². The van der Waals surface area contributed by atoms with E-state index in [0.29, 0.717) is 13.2 Å². The third-order valence-electron chi connectivity index (χ3n) is 4.03. The second-order valence-corrected chi connectivity index (χ2v) is 8.58. The first-order valence-electron chi connectivity index (χ1n) is 8.32. The normalized spacial score (nSPS) is 11.7. The van der Waals surface area contributed by atoms with Crippen LogP contribution in [0.15, 0.2) is 42.5 Å². The Labute approximate surface area is 141 Å². The predicted octanol–water partition coefficient (Wildman–Crippen LogP) is 5.36. The van der Waals surface area contributed by atoms with Crippen LogP contribution in [0.1, 0.15) is 36.1 Å². The van der Waals surface area contributed by atoms with E-state index in [0.717, 1.165) is 6.16 Å². The zero-order valence-electron chi connectivity index (χ0n) is 14.9. The fourth-order valence-electron chi connectivity index (χ4n) is 3.11. The molecule has 0 radical (unpaired) electrons. The van der Waals surface area contributed by atoms with Gasteiger partial charge in [0.25, 0.3) is 0 Å². The molecule has 0 spiro atoms. The first-order valence-corrected chi connectivity index (χ1v) is 10.1. The molecule has 0 heterocycles. The van der Waals surface area contributed by atoms with E-state index in [1.165, 1.54) is 27.6 Å². The summed E-state index contributed by atoms with van der Waals surface area (Å²) in [6.45, 7) is 11.9. The Hall–Kier alpha value is -1.21. The monoisotopic (exact) mass is 331 g/mol. The van der Waals surface area contributed by atoms with Gasteiger partial charge < -0.3 is 0 Å². The van der Waals surface area contributed by atoms with E-state index in [1.807, 2.05) is 19.9 Å². The van der Waals surface area contributed by atoms with E-state index in [9.17, 15) is 0 Å². The van der Waals surface area contributed by atoms with E-state index in [1.54, 1.807) is 0 Å². The van der Waals surface area contributed by atoms with Gasteiger partial charge in [0.05, 0.1) is 13.2 Å². The fourth-order valence-corrected chi connectivity index (χ4v) is 6.22. The minimum absolute atomic E-state index is 0.659. The molecular weight excluding hydrogens is 303 g/mol. The zero-order valence-corrected chi connectivity index (χ0v) is 15.8. The molecule has 2 nitrogen and oxygen atoms in total. The summed E-state index contributed by atoms with van der Waals surface area (Å²) in [4.78, 5) is 0. The van der Waals surface area contributed by atoms with Crippen molar-refractivity contribution in [1.82, 2.24) is 0 Å². The summed E-state index contributed by atoms with van der Waals surface area (Å²) in [6.07, 6.45) is 0.830. The maximum absolute atomic E-state index is 6.29. The van der Waals surface area contributed by atoms with Crippen molar-refractivity contribution in [2.24, 2.45) is 0 Å². The van der Waals surface area contributed by atoms with Crippen LogP contribution in [0.4, 0.5) is 0 Å². The molecular formula is C20H28O2P+. The number of hydrogen-bond acceptors (Lipinski definition) is 2. The SMILES string of the molecule is CCO[P+](Cc1c(C)cc(C)cc1C)(OCC)c1ccccc1. The Balaban J connectivity index is 2.50. The summed E-state index contributed by atoms with van der Waals surface area (Å²) >= 11 is 0. The average molecular weight is 331 g/mol. The van der Waals surface area contributed by atoms with Crippen LogP contribution in [0.5, 0.6) is 0 Å². The summed E-state index contributed by atoms with van der Waals surface area (Å²) in [5.74, 6) is 0. The van der Waals surface area contributed by atoms with E-state index in [4.69, 9.17) is 9.05 Å². The minimum atomic E-state index is -2.14. The molecule has 0 saturated carbocycles. The van der Waals surface area contributed by atoms with Crippen molar-refractivity contribution >= 4 is 13.0 Å². The van der Waals surface area contributed by atoms with E-state index in [2.05, 4.69) is 57.2 Å². The minimum Gasteiger partial charge on any atom is -0.201 e. The molecule has 0 N–H and O–H groups in total.